The molecule has 0 saturated heterocycles. The van der Waals surface area contributed by atoms with Gasteiger partial charge in [-0.05, 0) is 36.0 Å². The highest BCUT2D eigenvalue weighted by molar-refractivity contribution is 6.19. The topological polar surface area (TPSA) is 127 Å². The Morgan fingerprint density at radius 1 is 1.36 bits per heavy atom. The Balaban J connectivity index is 1.86. The molecule has 137 valence electrons. The van der Waals surface area contributed by atoms with Crippen LogP contribution in [0.5, 0.6) is 0 Å². The summed E-state index contributed by atoms with van der Waals surface area (Å²) in [6, 6.07) is -2.54. The SMILES string of the molecule is CC1C(=O)C(NC(=O)[C@@H](N)CC(=O)O)C(=O)[C]2C3(C)CCC(C3)C21C. The Morgan fingerprint density at radius 3 is 2.60 bits per heavy atom. The quantitative estimate of drug-likeness (QED) is 0.633. The van der Waals surface area contributed by atoms with Crippen LogP contribution in [0.15, 0.2) is 0 Å². The van der Waals surface area contributed by atoms with Crippen molar-refractivity contribution in [2.45, 2.75) is 58.5 Å². The van der Waals surface area contributed by atoms with Crippen LogP contribution in [0.25, 0.3) is 0 Å². The summed E-state index contributed by atoms with van der Waals surface area (Å²) in [7, 11) is 0. The summed E-state index contributed by atoms with van der Waals surface area (Å²) in [5, 5.41) is 11.2. The average Bonchev–Trinajstić information content (AvgIpc) is 3.01. The number of carbonyl (C=O) groups excluding carboxylic acids is 3. The molecule has 3 rings (SSSR count). The van der Waals surface area contributed by atoms with Crippen molar-refractivity contribution < 1.29 is 24.3 Å². The lowest BCUT2D eigenvalue weighted by Gasteiger charge is -2.51. The van der Waals surface area contributed by atoms with E-state index >= 15 is 0 Å². The number of nitrogens with two attached hydrogens (primary N) is 1. The molecule has 3 aliphatic carbocycles. The summed E-state index contributed by atoms with van der Waals surface area (Å²) in [6.45, 7) is 5.91. The number of aliphatic carboxylic acids is 1. The molecular weight excluding hydrogens is 324 g/mol. The number of carbonyl (C=O) groups is 4. The molecule has 4 N–H and O–H groups in total. The van der Waals surface area contributed by atoms with Crippen molar-refractivity contribution in [2.24, 2.45) is 28.4 Å². The van der Waals surface area contributed by atoms with Crippen LogP contribution in [0, 0.1) is 28.6 Å². The number of amides is 1. The third kappa shape index (κ3) is 2.43. The summed E-state index contributed by atoms with van der Waals surface area (Å²) >= 11 is 0. The maximum absolute atomic E-state index is 13.1. The van der Waals surface area contributed by atoms with Crippen LogP contribution < -0.4 is 11.1 Å². The second-order valence-electron chi connectivity index (χ2n) is 8.29. The molecule has 0 aromatic carbocycles. The van der Waals surface area contributed by atoms with E-state index in [1.807, 2.05) is 13.8 Å². The zero-order valence-corrected chi connectivity index (χ0v) is 14.8. The van der Waals surface area contributed by atoms with Crippen LogP contribution in [-0.4, -0.2) is 40.6 Å². The van der Waals surface area contributed by atoms with Crippen molar-refractivity contribution in [3.63, 3.8) is 0 Å². The van der Waals surface area contributed by atoms with Crippen LogP contribution >= 0.6 is 0 Å². The zero-order chi connectivity index (χ0) is 18.7. The number of hydrogen-bond acceptors (Lipinski definition) is 5. The van der Waals surface area contributed by atoms with Crippen molar-refractivity contribution in [3.8, 4) is 0 Å². The summed E-state index contributed by atoms with van der Waals surface area (Å²) in [6.07, 6.45) is 2.29. The van der Waals surface area contributed by atoms with Gasteiger partial charge in [-0.2, -0.15) is 0 Å². The molecule has 0 aromatic rings. The zero-order valence-electron chi connectivity index (χ0n) is 14.8. The second kappa shape index (κ2) is 5.62. The fourth-order valence-corrected chi connectivity index (χ4v) is 5.45. The molecule has 2 bridgehead atoms. The lowest BCUT2D eigenvalue weighted by Crippen LogP contribution is -2.64. The number of carboxylic acids is 1. The van der Waals surface area contributed by atoms with Crippen molar-refractivity contribution in [1.82, 2.24) is 5.32 Å². The van der Waals surface area contributed by atoms with Gasteiger partial charge in [0, 0.05) is 5.92 Å². The van der Waals surface area contributed by atoms with E-state index in [2.05, 4.69) is 12.2 Å². The Hall–Kier alpha value is -1.76. The molecular formula is C18H25N2O5. The number of ketones is 2. The first-order valence-corrected chi connectivity index (χ1v) is 8.76. The van der Waals surface area contributed by atoms with E-state index in [9.17, 15) is 19.2 Å². The molecule has 5 unspecified atom stereocenters. The Labute approximate surface area is 146 Å². The first-order chi connectivity index (χ1) is 11.5. The molecule has 0 spiro atoms. The molecule has 25 heavy (non-hydrogen) atoms. The average molecular weight is 349 g/mol. The largest absolute Gasteiger partial charge is 0.481 e. The number of nitrogens with one attached hydrogen (secondary N) is 1. The van der Waals surface area contributed by atoms with E-state index in [1.54, 1.807) is 0 Å². The van der Waals surface area contributed by atoms with Gasteiger partial charge >= 0.3 is 5.97 Å². The molecule has 3 saturated carbocycles. The van der Waals surface area contributed by atoms with Gasteiger partial charge in [0.2, 0.25) is 5.91 Å². The van der Waals surface area contributed by atoms with Crippen molar-refractivity contribution in [1.29, 1.82) is 0 Å². The highest BCUT2D eigenvalue weighted by atomic mass is 16.4. The van der Waals surface area contributed by atoms with E-state index in [-0.39, 0.29) is 22.9 Å². The predicted octanol–water partition coefficient (Wildman–Crippen LogP) is 0.462. The van der Waals surface area contributed by atoms with Crippen LogP contribution in [0.4, 0.5) is 0 Å². The highest BCUT2D eigenvalue weighted by Crippen LogP contribution is 2.71. The fourth-order valence-electron chi connectivity index (χ4n) is 5.45. The molecule has 0 heterocycles. The van der Waals surface area contributed by atoms with E-state index < -0.39 is 35.8 Å². The van der Waals surface area contributed by atoms with Gasteiger partial charge in [-0.15, -0.1) is 0 Å². The van der Waals surface area contributed by atoms with Crippen molar-refractivity contribution >= 4 is 23.4 Å². The van der Waals surface area contributed by atoms with Crippen LogP contribution in [0.3, 0.4) is 0 Å². The summed E-state index contributed by atoms with van der Waals surface area (Å²) in [5.41, 5.74) is 4.91. The normalized spacial score (nSPS) is 41.5. The standard InChI is InChI=1S/C18H25N2O5/c1-8-13(23)12(20-16(25)10(19)6-11(21)22)14(24)15-17(2)5-4-9(7-17)18(8,15)3/h8-10,12H,4-7,19H2,1-3H3,(H,20,25)(H,21,22)/t8?,9?,10-,12?,17?,18?/m0/s1. The predicted molar refractivity (Wildman–Crippen MR) is 88.1 cm³/mol. The number of Topliss-reactive ketones (excluding diaryl/α,β-unsaturated/α-hetero) is 2. The summed E-state index contributed by atoms with van der Waals surface area (Å²) in [5.74, 6) is -1.87. The van der Waals surface area contributed by atoms with Gasteiger partial charge in [-0.3, -0.25) is 19.2 Å². The van der Waals surface area contributed by atoms with Gasteiger partial charge in [0.05, 0.1) is 18.4 Å². The number of hydrogen-bond donors (Lipinski definition) is 3. The number of rotatable bonds is 4. The van der Waals surface area contributed by atoms with E-state index in [4.69, 9.17) is 10.8 Å². The molecule has 7 nitrogen and oxygen atoms in total. The van der Waals surface area contributed by atoms with E-state index in [0.29, 0.717) is 5.92 Å². The van der Waals surface area contributed by atoms with Gasteiger partial charge in [-0.1, -0.05) is 20.8 Å². The van der Waals surface area contributed by atoms with Gasteiger partial charge in [-0.25, -0.2) is 0 Å². The maximum Gasteiger partial charge on any atom is 0.305 e. The number of fused-ring (bicyclic) bond motifs is 5. The first-order valence-electron chi connectivity index (χ1n) is 8.76. The highest BCUT2D eigenvalue weighted by Gasteiger charge is 2.70. The smallest absolute Gasteiger partial charge is 0.305 e. The summed E-state index contributed by atoms with van der Waals surface area (Å²) in [4.78, 5) is 48.8. The van der Waals surface area contributed by atoms with Gasteiger partial charge in [0.15, 0.2) is 11.6 Å². The van der Waals surface area contributed by atoms with Crippen molar-refractivity contribution in [2.75, 3.05) is 0 Å². The third-order valence-electron chi connectivity index (χ3n) is 6.87. The van der Waals surface area contributed by atoms with Crippen LogP contribution in [0.2, 0.25) is 0 Å². The molecule has 0 aliphatic heterocycles. The minimum Gasteiger partial charge on any atom is -0.481 e. The van der Waals surface area contributed by atoms with E-state index in [1.165, 1.54) is 0 Å². The Kier molecular flexibility index (Phi) is 4.06. The monoisotopic (exact) mass is 349 g/mol. The molecule has 0 aromatic heterocycles. The Morgan fingerprint density at radius 2 is 2.00 bits per heavy atom. The van der Waals surface area contributed by atoms with Crippen molar-refractivity contribution in [3.05, 3.63) is 5.92 Å². The lowest BCUT2D eigenvalue weighted by molar-refractivity contribution is -0.145. The van der Waals surface area contributed by atoms with Gasteiger partial charge < -0.3 is 16.2 Å². The minimum absolute atomic E-state index is 0.211. The van der Waals surface area contributed by atoms with Crippen LogP contribution in [0.1, 0.15) is 46.5 Å². The summed E-state index contributed by atoms with van der Waals surface area (Å²) < 4.78 is 0. The second-order valence-corrected chi connectivity index (χ2v) is 8.29. The van der Waals surface area contributed by atoms with Gasteiger partial charge in [0.25, 0.3) is 0 Å². The number of carboxylic acid groups (broad SMARTS) is 1. The third-order valence-corrected chi connectivity index (χ3v) is 6.87. The molecule has 1 amide bonds. The minimum atomic E-state index is -1.29. The molecule has 6 atom stereocenters. The lowest BCUT2D eigenvalue weighted by atomic mass is 9.51. The first kappa shape index (κ1) is 18.0. The molecule has 1 radical (unpaired) electrons. The maximum atomic E-state index is 13.1. The van der Waals surface area contributed by atoms with Crippen LogP contribution in [-0.2, 0) is 19.2 Å². The molecule has 3 aliphatic rings. The van der Waals surface area contributed by atoms with Gasteiger partial charge in [0.1, 0.15) is 6.04 Å². The Bertz CT molecular complexity index is 662. The molecule has 7 heteroatoms. The molecule has 3 fully saturated rings. The fraction of sp³-hybridized carbons (Fsp3) is 0.722. The van der Waals surface area contributed by atoms with E-state index in [0.717, 1.165) is 25.2 Å².